The zero-order valence-corrected chi connectivity index (χ0v) is 27.8. The molecular weight excluding hydrogens is 682 g/mol. The van der Waals surface area contributed by atoms with Gasteiger partial charge in [-0.3, -0.25) is 14.5 Å². The van der Waals surface area contributed by atoms with Gasteiger partial charge in [0.15, 0.2) is 23.3 Å². The SMILES string of the molecule is COc1ccc(/C=N/N=C2\S/C(=C\c3cc(Cl)ccc3OCC(=O)Nc3ccc(S(N)(=O)=O)cc3)C(=O)N2Cc2ccco2)cc1OC. The van der Waals surface area contributed by atoms with Gasteiger partial charge in [0, 0.05) is 16.3 Å². The number of nitrogens with two attached hydrogens (primary N) is 1. The maximum absolute atomic E-state index is 13.6. The third kappa shape index (κ3) is 8.63. The molecule has 0 bridgehead atoms. The molecule has 0 saturated carbocycles. The van der Waals surface area contributed by atoms with E-state index < -0.39 is 22.5 Å². The zero-order valence-electron chi connectivity index (χ0n) is 25.5. The molecule has 4 aromatic rings. The Bertz CT molecular complexity index is 2010. The molecule has 1 aromatic heterocycles. The monoisotopic (exact) mass is 709 g/mol. The molecule has 48 heavy (non-hydrogen) atoms. The smallest absolute Gasteiger partial charge is 0.267 e. The summed E-state index contributed by atoms with van der Waals surface area (Å²) >= 11 is 7.38. The Morgan fingerprint density at radius 2 is 1.79 bits per heavy atom. The number of anilines is 1. The van der Waals surface area contributed by atoms with Crippen molar-refractivity contribution in [2.24, 2.45) is 15.3 Å². The number of rotatable bonds is 12. The van der Waals surface area contributed by atoms with Crippen LogP contribution in [0.25, 0.3) is 6.08 Å². The Balaban J connectivity index is 1.35. The van der Waals surface area contributed by atoms with Crippen molar-refractivity contribution in [3.63, 3.8) is 0 Å². The Labute approximate surface area is 285 Å². The highest BCUT2D eigenvalue weighted by Crippen LogP contribution is 2.36. The van der Waals surface area contributed by atoms with Crippen molar-refractivity contribution < 1.29 is 36.6 Å². The largest absolute Gasteiger partial charge is 0.493 e. The molecule has 3 aromatic carbocycles. The molecule has 2 heterocycles. The van der Waals surface area contributed by atoms with Gasteiger partial charge in [0.25, 0.3) is 11.8 Å². The number of thioether (sulfide) groups is 1. The summed E-state index contributed by atoms with van der Waals surface area (Å²) < 4.78 is 44.8. The highest BCUT2D eigenvalue weighted by molar-refractivity contribution is 8.18. The molecular formula is C32H28ClN5O8S2. The van der Waals surface area contributed by atoms with Gasteiger partial charge in [0.05, 0.1) is 43.0 Å². The van der Waals surface area contributed by atoms with Crippen molar-refractivity contribution >= 4 is 68.3 Å². The minimum atomic E-state index is -3.87. The van der Waals surface area contributed by atoms with E-state index in [1.54, 1.807) is 61.7 Å². The first-order chi connectivity index (χ1) is 23.0. The number of furan rings is 1. The van der Waals surface area contributed by atoms with E-state index in [-0.39, 0.29) is 23.1 Å². The van der Waals surface area contributed by atoms with E-state index in [1.165, 1.54) is 48.8 Å². The van der Waals surface area contributed by atoms with Crippen LogP contribution >= 0.6 is 23.4 Å². The summed E-state index contributed by atoms with van der Waals surface area (Å²) in [6, 6.07) is 18.9. The average Bonchev–Trinajstić information content (AvgIpc) is 3.68. The number of primary sulfonamides is 1. The van der Waals surface area contributed by atoms with Gasteiger partial charge in [-0.1, -0.05) is 11.6 Å². The molecule has 0 aliphatic carbocycles. The third-order valence-corrected chi connectivity index (χ3v) is 8.78. The van der Waals surface area contributed by atoms with Crippen LogP contribution in [0, 0.1) is 0 Å². The summed E-state index contributed by atoms with van der Waals surface area (Å²) in [5.41, 5.74) is 1.49. The number of carbonyl (C=O) groups is 2. The van der Waals surface area contributed by atoms with Crippen molar-refractivity contribution in [3.8, 4) is 17.2 Å². The van der Waals surface area contributed by atoms with Crippen molar-refractivity contribution in [2.75, 3.05) is 26.1 Å². The van der Waals surface area contributed by atoms with Gasteiger partial charge < -0.3 is 23.9 Å². The van der Waals surface area contributed by atoms with Crippen LogP contribution in [0.1, 0.15) is 16.9 Å². The summed E-state index contributed by atoms with van der Waals surface area (Å²) in [6.07, 6.45) is 4.63. The number of benzene rings is 3. The maximum Gasteiger partial charge on any atom is 0.267 e. The Morgan fingerprint density at radius 3 is 2.48 bits per heavy atom. The molecule has 0 spiro atoms. The molecule has 0 radical (unpaired) electrons. The van der Waals surface area contributed by atoms with Gasteiger partial charge in [-0.05, 0) is 96.2 Å². The van der Waals surface area contributed by atoms with Crippen LogP contribution in [0.2, 0.25) is 5.02 Å². The van der Waals surface area contributed by atoms with Gasteiger partial charge in [-0.25, -0.2) is 13.6 Å². The zero-order chi connectivity index (χ0) is 34.3. The number of hydrogen-bond donors (Lipinski definition) is 2. The molecule has 1 aliphatic rings. The van der Waals surface area contributed by atoms with Crippen LogP contribution in [0.5, 0.6) is 17.2 Å². The van der Waals surface area contributed by atoms with Crippen LogP contribution in [0.3, 0.4) is 0 Å². The Morgan fingerprint density at radius 1 is 1.04 bits per heavy atom. The van der Waals surface area contributed by atoms with E-state index in [0.717, 1.165) is 11.8 Å². The first kappa shape index (κ1) is 34.3. The second kappa shape index (κ2) is 15.2. The Kier molecular flexibility index (Phi) is 10.9. The molecule has 0 unspecified atom stereocenters. The standard InChI is InChI=1S/C32H28ClN5O8S2/c1-43-27-11-5-20(14-28(27)44-2)17-35-37-32-38(18-24-4-3-13-45-24)31(40)29(47-32)16-21-15-22(33)6-12-26(21)46-19-30(39)36-23-7-9-25(10-8-23)48(34,41)42/h3-17H,18-19H2,1-2H3,(H,36,39)(H2,34,41,42)/b29-16-,35-17+,37-32-. The van der Waals surface area contributed by atoms with E-state index in [1.807, 2.05) is 0 Å². The lowest BCUT2D eigenvalue weighted by Gasteiger charge is -2.13. The van der Waals surface area contributed by atoms with Crippen LogP contribution in [-0.2, 0) is 26.2 Å². The van der Waals surface area contributed by atoms with Crippen LogP contribution in [-0.4, -0.2) is 57.3 Å². The molecule has 1 fully saturated rings. The van der Waals surface area contributed by atoms with E-state index in [9.17, 15) is 18.0 Å². The molecule has 248 valence electrons. The number of nitrogens with zero attached hydrogens (tertiary/aromatic N) is 3. The van der Waals surface area contributed by atoms with Gasteiger partial charge in [0.2, 0.25) is 10.0 Å². The molecule has 2 amide bonds. The molecule has 16 heteroatoms. The summed E-state index contributed by atoms with van der Waals surface area (Å²) in [5, 5.41) is 17.0. The van der Waals surface area contributed by atoms with E-state index in [2.05, 4.69) is 15.5 Å². The lowest BCUT2D eigenvalue weighted by Crippen LogP contribution is -2.28. The fraction of sp³-hybridized carbons (Fsp3) is 0.125. The number of amides is 2. The summed E-state index contributed by atoms with van der Waals surface area (Å²) in [7, 11) is -0.789. The summed E-state index contributed by atoms with van der Waals surface area (Å²) in [4.78, 5) is 27.9. The number of halogens is 1. The van der Waals surface area contributed by atoms with Crippen LogP contribution in [0.15, 0.2) is 103 Å². The first-order valence-electron chi connectivity index (χ1n) is 14.0. The Hall–Kier alpha value is -5.09. The normalized spacial score (nSPS) is 15.0. The topological polar surface area (TPSA) is 175 Å². The van der Waals surface area contributed by atoms with Gasteiger partial charge in [0.1, 0.15) is 11.5 Å². The average molecular weight is 710 g/mol. The number of nitrogens with one attached hydrogen (secondary N) is 1. The number of carbonyl (C=O) groups excluding carboxylic acids is 2. The summed E-state index contributed by atoms with van der Waals surface area (Å²) in [6.45, 7) is -0.282. The second-order valence-corrected chi connectivity index (χ2v) is 12.9. The van der Waals surface area contributed by atoms with Crippen molar-refractivity contribution in [3.05, 3.63) is 106 Å². The number of amidine groups is 1. The van der Waals surface area contributed by atoms with Gasteiger partial charge >= 0.3 is 0 Å². The fourth-order valence-electron chi connectivity index (χ4n) is 4.33. The molecule has 5 rings (SSSR count). The fourth-order valence-corrected chi connectivity index (χ4v) is 5.95. The highest BCUT2D eigenvalue weighted by atomic mass is 35.5. The van der Waals surface area contributed by atoms with E-state index in [0.29, 0.717) is 49.2 Å². The predicted octanol–water partition coefficient (Wildman–Crippen LogP) is 5.12. The van der Waals surface area contributed by atoms with Crippen molar-refractivity contribution in [2.45, 2.75) is 11.4 Å². The quantitative estimate of drug-likeness (QED) is 0.115. The lowest BCUT2D eigenvalue weighted by molar-refractivity contribution is -0.122. The van der Waals surface area contributed by atoms with Crippen molar-refractivity contribution in [1.82, 2.24) is 4.90 Å². The van der Waals surface area contributed by atoms with Gasteiger partial charge in [-0.15, -0.1) is 5.10 Å². The van der Waals surface area contributed by atoms with Crippen LogP contribution in [0.4, 0.5) is 5.69 Å². The predicted molar refractivity (Wildman–Crippen MR) is 183 cm³/mol. The number of sulfonamides is 1. The van der Waals surface area contributed by atoms with E-state index in [4.69, 9.17) is 35.4 Å². The minimum Gasteiger partial charge on any atom is -0.493 e. The number of hydrogen-bond acceptors (Lipinski definition) is 11. The highest BCUT2D eigenvalue weighted by Gasteiger charge is 2.34. The maximum atomic E-state index is 13.6. The molecule has 13 nitrogen and oxygen atoms in total. The molecule has 1 saturated heterocycles. The lowest BCUT2D eigenvalue weighted by atomic mass is 10.2. The second-order valence-electron chi connectivity index (χ2n) is 9.91. The minimum absolute atomic E-state index is 0.0874. The first-order valence-corrected chi connectivity index (χ1v) is 16.7. The summed E-state index contributed by atoms with van der Waals surface area (Å²) in [5.74, 6) is 1.06. The number of methoxy groups -OCH3 is 2. The van der Waals surface area contributed by atoms with Crippen molar-refractivity contribution in [1.29, 1.82) is 0 Å². The third-order valence-electron chi connectivity index (χ3n) is 6.62. The van der Waals surface area contributed by atoms with Crippen LogP contribution < -0.4 is 24.7 Å². The number of ether oxygens (including phenoxy) is 3. The molecule has 3 N–H and O–H groups in total. The molecule has 1 aliphatic heterocycles. The van der Waals surface area contributed by atoms with E-state index >= 15 is 0 Å². The molecule has 0 atom stereocenters. The van der Waals surface area contributed by atoms with Gasteiger partial charge in [-0.2, -0.15) is 5.10 Å².